The van der Waals surface area contributed by atoms with E-state index in [1.165, 1.54) is 0 Å². The minimum atomic E-state index is -0.164. The Morgan fingerprint density at radius 2 is 2.08 bits per heavy atom. The van der Waals surface area contributed by atoms with Gasteiger partial charge in [0, 0.05) is 18.4 Å². The highest BCUT2D eigenvalue weighted by Crippen LogP contribution is 2.51. The van der Waals surface area contributed by atoms with Crippen LogP contribution in [0.5, 0.6) is 0 Å². The summed E-state index contributed by atoms with van der Waals surface area (Å²) in [6.45, 7) is 0.884. The normalized spacial score (nSPS) is 24.8. The van der Waals surface area contributed by atoms with Crippen LogP contribution in [0.25, 0.3) is 11.0 Å². The van der Waals surface area contributed by atoms with E-state index in [0.29, 0.717) is 11.8 Å². The van der Waals surface area contributed by atoms with Gasteiger partial charge in [0.2, 0.25) is 5.91 Å². The van der Waals surface area contributed by atoms with Gasteiger partial charge in [-0.25, -0.2) is 9.97 Å². The molecule has 0 radical (unpaired) electrons. The summed E-state index contributed by atoms with van der Waals surface area (Å²) in [6.07, 6.45) is 4.55. The first-order valence-electron chi connectivity index (χ1n) is 8.22. The summed E-state index contributed by atoms with van der Waals surface area (Å²) in [7, 11) is 0. The molecule has 1 aromatic carbocycles. The molecular formula is C18H17N5O. The van der Waals surface area contributed by atoms with E-state index in [4.69, 9.17) is 0 Å². The zero-order chi connectivity index (χ0) is 16.1. The van der Waals surface area contributed by atoms with Crippen molar-refractivity contribution in [1.29, 1.82) is 0 Å². The Labute approximate surface area is 138 Å². The van der Waals surface area contributed by atoms with Crippen molar-refractivity contribution in [2.45, 2.75) is 12.5 Å². The number of carbonyl (C=O) groups excluding carboxylic acids is 1. The number of piperidine rings is 1. The molecule has 0 bridgehead atoms. The Balaban J connectivity index is 1.48. The fourth-order valence-corrected chi connectivity index (χ4v) is 3.84. The Morgan fingerprint density at radius 3 is 2.96 bits per heavy atom. The average Bonchev–Trinajstić information content (AvgIpc) is 3.05. The zero-order valence-electron chi connectivity index (χ0n) is 13.0. The smallest absolute Gasteiger partial charge is 0.247 e. The number of nitrogens with one attached hydrogen (secondary N) is 2. The molecule has 120 valence electrons. The summed E-state index contributed by atoms with van der Waals surface area (Å²) in [4.78, 5) is 26.9. The number of hydrogen-bond acceptors (Lipinski definition) is 4. The van der Waals surface area contributed by atoms with Gasteiger partial charge in [-0.05, 0) is 36.5 Å². The van der Waals surface area contributed by atoms with Gasteiger partial charge in [0.15, 0.2) is 0 Å². The van der Waals surface area contributed by atoms with E-state index in [1.807, 2.05) is 42.6 Å². The second-order valence-corrected chi connectivity index (χ2v) is 6.55. The van der Waals surface area contributed by atoms with E-state index in [0.717, 1.165) is 35.5 Å². The first-order valence-corrected chi connectivity index (χ1v) is 8.22. The zero-order valence-corrected chi connectivity index (χ0v) is 13.0. The molecule has 1 aliphatic heterocycles. The fraction of sp³-hybridized carbons (Fsp3) is 0.278. The van der Waals surface area contributed by atoms with Gasteiger partial charge in [0.05, 0.1) is 5.39 Å². The third-order valence-electron chi connectivity index (χ3n) is 5.06. The van der Waals surface area contributed by atoms with Crippen LogP contribution in [0.1, 0.15) is 6.42 Å². The van der Waals surface area contributed by atoms with Crippen molar-refractivity contribution in [3.8, 4) is 0 Å². The summed E-state index contributed by atoms with van der Waals surface area (Å²) in [5.41, 5.74) is 1.64. The van der Waals surface area contributed by atoms with Crippen molar-refractivity contribution in [2.24, 2.45) is 11.8 Å². The van der Waals surface area contributed by atoms with E-state index in [1.54, 1.807) is 6.33 Å². The van der Waals surface area contributed by atoms with Crippen LogP contribution in [0, 0.1) is 11.8 Å². The topological polar surface area (TPSA) is 73.9 Å². The number of anilines is 2. The number of carbonyl (C=O) groups is 1. The van der Waals surface area contributed by atoms with Crippen LogP contribution in [0.15, 0.2) is 48.9 Å². The molecule has 6 heteroatoms. The number of nitrogens with zero attached hydrogens (tertiary/aromatic N) is 3. The van der Waals surface area contributed by atoms with Gasteiger partial charge >= 0.3 is 0 Å². The van der Waals surface area contributed by atoms with Crippen molar-refractivity contribution >= 4 is 28.4 Å². The number of aromatic amines is 1. The molecular weight excluding hydrogens is 302 g/mol. The lowest BCUT2D eigenvalue weighted by molar-refractivity contribution is -0.117. The van der Waals surface area contributed by atoms with Crippen LogP contribution in [0.3, 0.4) is 0 Å². The number of aromatic nitrogens is 3. The maximum atomic E-state index is 12.9. The van der Waals surface area contributed by atoms with Crippen molar-refractivity contribution in [1.82, 2.24) is 15.0 Å². The summed E-state index contributed by atoms with van der Waals surface area (Å²) < 4.78 is 0. The van der Waals surface area contributed by atoms with Gasteiger partial charge in [-0.3, -0.25) is 4.79 Å². The van der Waals surface area contributed by atoms with E-state index in [9.17, 15) is 4.79 Å². The summed E-state index contributed by atoms with van der Waals surface area (Å²) in [5.74, 6) is 1.92. The molecule has 1 aliphatic carbocycles. The summed E-state index contributed by atoms with van der Waals surface area (Å²) in [5, 5.41) is 4.02. The molecule has 3 unspecified atom stereocenters. The molecule has 24 heavy (non-hydrogen) atoms. The lowest BCUT2D eigenvalue weighted by Crippen LogP contribution is -2.43. The predicted molar refractivity (Wildman–Crippen MR) is 91.7 cm³/mol. The highest BCUT2D eigenvalue weighted by molar-refractivity contribution is 5.99. The fourth-order valence-electron chi connectivity index (χ4n) is 3.84. The van der Waals surface area contributed by atoms with Crippen LogP contribution in [-0.4, -0.2) is 33.4 Å². The Bertz CT molecular complexity index is 906. The number of H-pyrrole nitrogens is 1. The third kappa shape index (κ3) is 2.06. The van der Waals surface area contributed by atoms with E-state index >= 15 is 0 Å². The maximum absolute atomic E-state index is 12.9. The number of rotatable bonds is 3. The summed E-state index contributed by atoms with van der Waals surface area (Å²) >= 11 is 0. The molecule has 2 aromatic heterocycles. The van der Waals surface area contributed by atoms with Crippen molar-refractivity contribution < 1.29 is 4.79 Å². The molecule has 0 spiro atoms. The lowest BCUT2D eigenvalue weighted by atomic mass is 10.1. The standard InChI is InChI=1S/C18H17N5O/c24-18(22-12-4-2-1-3-5-12)15-14-8-11(14)9-23(15)17-13-6-7-19-16(13)20-10-21-17/h1-7,10-11,14-15H,8-9H2,(H,22,24)(H,19,20,21). The van der Waals surface area contributed by atoms with Gasteiger partial charge in [-0.1, -0.05) is 18.2 Å². The number of amides is 1. The highest BCUT2D eigenvalue weighted by atomic mass is 16.2. The highest BCUT2D eigenvalue weighted by Gasteiger charge is 2.56. The molecule has 1 saturated carbocycles. The molecule has 3 aromatic rings. The summed E-state index contributed by atoms with van der Waals surface area (Å²) in [6, 6.07) is 11.4. The first kappa shape index (κ1) is 13.5. The van der Waals surface area contributed by atoms with Gasteiger partial charge < -0.3 is 15.2 Å². The van der Waals surface area contributed by atoms with Crippen molar-refractivity contribution in [3.05, 3.63) is 48.9 Å². The van der Waals surface area contributed by atoms with Crippen LogP contribution < -0.4 is 10.2 Å². The Kier molecular flexibility index (Phi) is 2.85. The van der Waals surface area contributed by atoms with Gasteiger partial charge in [0.25, 0.3) is 0 Å². The SMILES string of the molecule is O=C(Nc1ccccc1)C1C2CC2CN1c1ncnc2[nH]ccc12. The minimum Gasteiger partial charge on any atom is -0.346 e. The van der Waals surface area contributed by atoms with Crippen LogP contribution >= 0.6 is 0 Å². The molecule has 2 N–H and O–H groups in total. The largest absolute Gasteiger partial charge is 0.346 e. The maximum Gasteiger partial charge on any atom is 0.247 e. The molecule has 3 atom stereocenters. The molecule has 2 fully saturated rings. The quantitative estimate of drug-likeness (QED) is 0.777. The minimum absolute atomic E-state index is 0.0495. The lowest BCUT2D eigenvalue weighted by Gasteiger charge is -2.28. The third-order valence-corrected chi connectivity index (χ3v) is 5.06. The van der Waals surface area contributed by atoms with Gasteiger partial charge in [-0.15, -0.1) is 0 Å². The van der Waals surface area contributed by atoms with E-state index in [-0.39, 0.29) is 11.9 Å². The first-order chi connectivity index (χ1) is 11.8. The predicted octanol–water partition coefficient (Wildman–Crippen LogP) is 2.42. The number of benzene rings is 1. The number of hydrogen-bond donors (Lipinski definition) is 2. The Hall–Kier alpha value is -2.89. The van der Waals surface area contributed by atoms with Crippen LogP contribution in [0.4, 0.5) is 11.5 Å². The van der Waals surface area contributed by atoms with Crippen LogP contribution in [-0.2, 0) is 4.79 Å². The van der Waals surface area contributed by atoms with Crippen molar-refractivity contribution in [3.63, 3.8) is 0 Å². The van der Waals surface area contributed by atoms with E-state index in [2.05, 4.69) is 25.2 Å². The molecule has 1 saturated heterocycles. The average molecular weight is 319 g/mol. The van der Waals surface area contributed by atoms with Gasteiger partial charge in [-0.2, -0.15) is 0 Å². The second-order valence-electron chi connectivity index (χ2n) is 6.55. The molecule has 3 heterocycles. The number of fused-ring (bicyclic) bond motifs is 2. The second kappa shape index (κ2) is 5.06. The van der Waals surface area contributed by atoms with Gasteiger partial charge in [0.1, 0.15) is 23.8 Å². The molecule has 1 amide bonds. The monoisotopic (exact) mass is 319 g/mol. The molecule has 5 rings (SSSR count). The van der Waals surface area contributed by atoms with Crippen molar-refractivity contribution in [2.75, 3.05) is 16.8 Å². The van der Waals surface area contributed by atoms with Crippen LogP contribution in [0.2, 0.25) is 0 Å². The molecule has 2 aliphatic rings. The molecule has 6 nitrogen and oxygen atoms in total. The number of para-hydroxylation sites is 1. The van der Waals surface area contributed by atoms with E-state index < -0.39 is 0 Å². The Morgan fingerprint density at radius 1 is 1.21 bits per heavy atom.